The van der Waals surface area contributed by atoms with E-state index in [1.807, 2.05) is 0 Å². The third kappa shape index (κ3) is 8.78. The summed E-state index contributed by atoms with van der Waals surface area (Å²) in [5.41, 5.74) is 25.3. The zero-order valence-electron chi connectivity index (χ0n) is 39.6. The second kappa shape index (κ2) is 19.9. The summed E-state index contributed by atoms with van der Waals surface area (Å²) in [5, 5.41) is 0. The molecule has 0 bridgehead atoms. The zero-order valence-corrected chi connectivity index (χ0v) is 41.4. The van der Waals surface area contributed by atoms with Crippen LogP contribution in [-0.2, 0) is 38.0 Å². The van der Waals surface area contributed by atoms with Crippen molar-refractivity contribution in [2.45, 2.75) is 87.4 Å². The smallest absolute Gasteiger partial charge is 0.00503 e. The van der Waals surface area contributed by atoms with E-state index in [1.165, 1.54) is 133 Å². The van der Waals surface area contributed by atoms with Gasteiger partial charge in [0, 0.05) is 0 Å². The number of fused-ring (bicyclic) bond motifs is 2. The fraction of sp³-hybridized carbons (Fsp3) is 0.273. The van der Waals surface area contributed by atoms with E-state index in [0.29, 0.717) is 23.7 Å². The van der Waals surface area contributed by atoms with Crippen molar-refractivity contribution in [3.8, 4) is 33.4 Å². The van der Waals surface area contributed by atoms with Gasteiger partial charge in [0.2, 0.25) is 0 Å². The van der Waals surface area contributed by atoms with Crippen LogP contribution in [0.3, 0.4) is 0 Å². The van der Waals surface area contributed by atoms with E-state index in [2.05, 4.69) is 194 Å². The summed E-state index contributed by atoms with van der Waals surface area (Å²) in [7, 11) is -0.637. The minimum absolute atomic E-state index is 0.318. The molecular formula is C66H64P2. The van der Waals surface area contributed by atoms with E-state index in [0.717, 1.165) is 0 Å². The summed E-state index contributed by atoms with van der Waals surface area (Å²) >= 11 is 0. The Labute approximate surface area is 408 Å². The molecule has 2 aliphatic heterocycles. The lowest BCUT2D eigenvalue weighted by molar-refractivity contribution is 0.666. The van der Waals surface area contributed by atoms with Crippen molar-refractivity contribution in [1.29, 1.82) is 0 Å². The standard InChI is InChI=1S/C66H64P2/c1-7-23-47(24-8-1)57-39-53-35-19-21-37-55(53)65(63(57)45-67-41-59(49-27-11-3-12-28-49)60(42-67)50-29-13-4-14-30-50)66-56-38-22-20-36-54(56)40-58(48-25-9-2-10-26-48)64(66)46-68-43-61(51-31-15-5-16-32-51)62(44-68)52-33-17-6-18-34-52/h1-18,23-34,39-40,59-62H,19-22,35-38,41-46H2/t59-,60-,61-,62-/m0/s1. The first-order valence-electron chi connectivity index (χ1n) is 25.8. The number of rotatable bonds is 11. The van der Waals surface area contributed by atoms with E-state index in [4.69, 9.17) is 0 Å². The summed E-state index contributed by atoms with van der Waals surface area (Å²) in [5.74, 6) is 2.15. The van der Waals surface area contributed by atoms with Gasteiger partial charge in [-0.05, 0) is 201 Å². The molecule has 0 spiro atoms. The predicted molar refractivity (Wildman–Crippen MR) is 293 cm³/mol. The minimum atomic E-state index is -0.318. The molecule has 0 nitrogen and oxygen atoms in total. The summed E-state index contributed by atoms with van der Waals surface area (Å²) in [4.78, 5) is 0. The van der Waals surface area contributed by atoms with Crippen molar-refractivity contribution < 1.29 is 0 Å². The first-order valence-corrected chi connectivity index (χ1v) is 29.6. The molecule has 2 heterocycles. The van der Waals surface area contributed by atoms with Crippen molar-refractivity contribution in [2.24, 2.45) is 0 Å². The molecule has 0 saturated carbocycles. The maximum Gasteiger partial charge on any atom is -0.00503 e. The van der Waals surface area contributed by atoms with Gasteiger partial charge in [0.1, 0.15) is 0 Å². The molecule has 0 radical (unpaired) electrons. The highest BCUT2D eigenvalue weighted by Crippen LogP contribution is 2.63. The third-order valence-corrected chi connectivity index (χ3v) is 21.6. The molecule has 2 fully saturated rings. The lowest BCUT2D eigenvalue weighted by Crippen LogP contribution is -2.14. The van der Waals surface area contributed by atoms with Gasteiger partial charge in [-0.1, -0.05) is 194 Å². The molecule has 338 valence electrons. The van der Waals surface area contributed by atoms with Crippen molar-refractivity contribution in [3.63, 3.8) is 0 Å². The second-order valence-corrected chi connectivity index (χ2v) is 25.2. The molecule has 0 N–H and O–H groups in total. The van der Waals surface area contributed by atoms with Gasteiger partial charge in [0.05, 0.1) is 0 Å². The van der Waals surface area contributed by atoms with E-state index in [9.17, 15) is 0 Å². The molecule has 4 aliphatic rings. The van der Waals surface area contributed by atoms with Crippen LogP contribution in [0.1, 0.15) is 105 Å². The van der Waals surface area contributed by atoms with Crippen LogP contribution < -0.4 is 0 Å². The Morgan fingerprint density at radius 2 is 0.603 bits per heavy atom. The van der Waals surface area contributed by atoms with Gasteiger partial charge >= 0.3 is 0 Å². The average molecular weight is 919 g/mol. The number of benzene rings is 8. The highest BCUT2D eigenvalue weighted by atomic mass is 31.1. The molecule has 0 aromatic heterocycles. The van der Waals surface area contributed by atoms with Crippen molar-refractivity contribution in [2.75, 3.05) is 24.6 Å². The maximum atomic E-state index is 2.71. The van der Waals surface area contributed by atoms with Crippen LogP contribution in [0.5, 0.6) is 0 Å². The molecule has 0 unspecified atom stereocenters. The Balaban J connectivity index is 1.07. The Bertz CT molecular complexity index is 2660. The SMILES string of the molecule is c1ccc(-c2cc3c(c(-c4c5c(cc(-c6ccccc6)c4CP4C[C@@H](c6ccccc6)[C@H](c6ccccc6)C4)CCCC5)c2CP2C[C@@H](c4ccccc4)[C@H](c4ccccc4)C2)CCCC3)cc1. The van der Waals surface area contributed by atoms with E-state index >= 15 is 0 Å². The van der Waals surface area contributed by atoms with Crippen LogP contribution in [0.4, 0.5) is 0 Å². The molecule has 2 aliphatic carbocycles. The highest BCUT2D eigenvalue weighted by molar-refractivity contribution is 7.57. The summed E-state index contributed by atoms with van der Waals surface area (Å²) < 4.78 is 0. The minimum Gasteiger partial charge on any atom is -0.101 e. The fourth-order valence-corrected chi connectivity index (χ4v) is 19.7. The van der Waals surface area contributed by atoms with E-state index < -0.39 is 0 Å². The average Bonchev–Trinajstić information content (AvgIpc) is 4.05. The van der Waals surface area contributed by atoms with Gasteiger partial charge in [-0.15, -0.1) is 15.8 Å². The maximum absolute atomic E-state index is 2.71. The largest absolute Gasteiger partial charge is 0.101 e. The normalized spacial score (nSPS) is 20.5. The van der Waals surface area contributed by atoms with Gasteiger partial charge < -0.3 is 0 Å². The lowest BCUT2D eigenvalue weighted by atomic mass is 9.74. The van der Waals surface area contributed by atoms with Gasteiger partial charge in [-0.2, -0.15) is 0 Å². The molecule has 8 aromatic rings. The monoisotopic (exact) mass is 918 g/mol. The topological polar surface area (TPSA) is 0 Å². The van der Waals surface area contributed by atoms with Crippen LogP contribution in [0.2, 0.25) is 0 Å². The lowest BCUT2D eigenvalue weighted by Gasteiger charge is -2.33. The second-order valence-electron chi connectivity index (χ2n) is 20.4. The van der Waals surface area contributed by atoms with Crippen molar-refractivity contribution in [1.82, 2.24) is 0 Å². The van der Waals surface area contributed by atoms with Crippen LogP contribution in [0.15, 0.2) is 194 Å². The zero-order chi connectivity index (χ0) is 45.2. The van der Waals surface area contributed by atoms with Crippen LogP contribution in [-0.4, -0.2) is 24.6 Å². The fourth-order valence-electron chi connectivity index (χ4n) is 13.2. The van der Waals surface area contributed by atoms with Gasteiger partial charge in [0.25, 0.3) is 0 Å². The summed E-state index contributed by atoms with van der Waals surface area (Å²) in [6, 6.07) is 75.0. The van der Waals surface area contributed by atoms with Gasteiger partial charge in [0.15, 0.2) is 0 Å². The molecule has 0 amide bonds. The van der Waals surface area contributed by atoms with E-state index in [1.54, 1.807) is 44.5 Å². The Morgan fingerprint density at radius 1 is 0.324 bits per heavy atom. The number of aryl methyl sites for hydroxylation is 2. The van der Waals surface area contributed by atoms with Gasteiger partial charge in [-0.25, -0.2) is 0 Å². The molecule has 8 aromatic carbocycles. The molecule has 2 heteroatoms. The Morgan fingerprint density at radius 3 is 0.912 bits per heavy atom. The van der Waals surface area contributed by atoms with E-state index in [-0.39, 0.29) is 15.8 Å². The summed E-state index contributed by atoms with van der Waals surface area (Å²) in [6.07, 6.45) is 17.4. The first-order chi connectivity index (χ1) is 33.7. The van der Waals surface area contributed by atoms with Crippen LogP contribution in [0.25, 0.3) is 33.4 Å². The third-order valence-electron chi connectivity index (χ3n) is 16.4. The Hall–Kier alpha value is -5.38. The van der Waals surface area contributed by atoms with Crippen molar-refractivity contribution in [3.05, 3.63) is 250 Å². The number of hydrogen-bond acceptors (Lipinski definition) is 0. The molecule has 12 rings (SSSR count). The predicted octanol–water partition coefficient (Wildman–Crippen LogP) is 17.6. The van der Waals surface area contributed by atoms with Crippen molar-refractivity contribution >= 4 is 15.8 Å². The number of hydrogen-bond donors (Lipinski definition) is 0. The molecule has 68 heavy (non-hydrogen) atoms. The summed E-state index contributed by atoms with van der Waals surface area (Å²) in [6.45, 7) is 0. The first kappa shape index (κ1) is 43.9. The Kier molecular flexibility index (Phi) is 12.9. The van der Waals surface area contributed by atoms with Crippen LogP contribution >= 0.6 is 15.8 Å². The molecular weight excluding hydrogens is 855 g/mol. The van der Waals surface area contributed by atoms with Crippen LogP contribution in [0, 0.1) is 0 Å². The quantitative estimate of drug-likeness (QED) is 0.113. The highest BCUT2D eigenvalue weighted by Gasteiger charge is 2.40. The molecule has 2 saturated heterocycles. The van der Waals surface area contributed by atoms with Gasteiger partial charge in [-0.3, -0.25) is 0 Å². The molecule has 4 atom stereocenters.